The zero-order valence-corrected chi connectivity index (χ0v) is 17.8. The minimum atomic E-state index is -0.0310. The van der Waals surface area contributed by atoms with Gasteiger partial charge in [-0.3, -0.25) is 14.2 Å². The first-order valence-corrected chi connectivity index (χ1v) is 11.4. The first-order chi connectivity index (χ1) is 13.0. The lowest BCUT2D eigenvalue weighted by atomic mass is 10.1. The van der Waals surface area contributed by atoms with Crippen LogP contribution in [-0.2, 0) is 22.5 Å². The number of amides is 1. The van der Waals surface area contributed by atoms with Crippen LogP contribution >= 0.6 is 23.1 Å². The van der Waals surface area contributed by atoms with Crippen LogP contribution in [0, 0.1) is 6.92 Å². The number of aryl methyl sites for hydroxylation is 2. The molecule has 0 radical (unpaired) electrons. The number of rotatable bonds is 8. The lowest BCUT2D eigenvalue weighted by Gasteiger charge is -2.16. The van der Waals surface area contributed by atoms with E-state index in [9.17, 15) is 9.59 Å². The van der Waals surface area contributed by atoms with Crippen molar-refractivity contribution in [2.75, 3.05) is 18.9 Å². The fraction of sp³-hybridized carbons (Fsp3) is 0.632. The number of nitrogens with zero attached hydrogens (tertiary/aromatic N) is 2. The van der Waals surface area contributed by atoms with Crippen LogP contribution in [0.3, 0.4) is 0 Å². The number of fused-ring (bicyclic) bond motifs is 1. The number of hydrogen-bond acceptors (Lipinski definition) is 6. The predicted octanol–water partition coefficient (Wildman–Crippen LogP) is 3.13. The lowest BCUT2D eigenvalue weighted by Crippen LogP contribution is -2.30. The zero-order valence-electron chi connectivity index (χ0n) is 16.2. The van der Waals surface area contributed by atoms with Crippen LogP contribution in [0.2, 0.25) is 0 Å². The molecule has 0 unspecified atom stereocenters. The molecule has 3 rings (SSSR count). The maximum atomic E-state index is 13.3. The van der Waals surface area contributed by atoms with Crippen molar-refractivity contribution in [3.8, 4) is 0 Å². The molecule has 3 heterocycles. The third-order valence-electron chi connectivity index (χ3n) is 4.75. The van der Waals surface area contributed by atoms with Gasteiger partial charge in [0, 0.05) is 18.0 Å². The predicted molar refractivity (Wildman–Crippen MR) is 111 cm³/mol. The Balaban J connectivity index is 1.96. The Labute approximate surface area is 167 Å². The summed E-state index contributed by atoms with van der Waals surface area (Å²) in [6.45, 7) is 8.04. The molecule has 6 nitrogen and oxygen atoms in total. The number of carbonyl (C=O) groups excluding carboxylic acids is 1. The average molecular weight is 410 g/mol. The second-order valence-electron chi connectivity index (χ2n) is 6.75. The van der Waals surface area contributed by atoms with Gasteiger partial charge in [-0.1, -0.05) is 25.6 Å². The second kappa shape index (κ2) is 9.21. The van der Waals surface area contributed by atoms with Crippen molar-refractivity contribution in [2.45, 2.75) is 64.3 Å². The van der Waals surface area contributed by atoms with Crippen LogP contribution < -0.4 is 10.9 Å². The minimum Gasteiger partial charge on any atom is -0.376 e. The molecule has 1 amide bonds. The number of thiophene rings is 1. The van der Waals surface area contributed by atoms with Gasteiger partial charge in [0.15, 0.2) is 5.16 Å². The van der Waals surface area contributed by atoms with Crippen molar-refractivity contribution in [3.63, 3.8) is 0 Å². The number of ether oxygens (including phenoxy) is 1. The number of carbonyl (C=O) groups is 1. The van der Waals surface area contributed by atoms with Gasteiger partial charge in [0.1, 0.15) is 4.83 Å². The molecular weight excluding hydrogens is 382 g/mol. The quantitative estimate of drug-likeness (QED) is 0.536. The van der Waals surface area contributed by atoms with Gasteiger partial charge in [-0.15, -0.1) is 11.3 Å². The smallest absolute Gasteiger partial charge is 0.263 e. The molecule has 148 valence electrons. The number of hydrogen-bond donors (Lipinski definition) is 1. The monoisotopic (exact) mass is 409 g/mol. The Hall–Kier alpha value is -1.38. The van der Waals surface area contributed by atoms with E-state index in [1.165, 1.54) is 11.8 Å². The Bertz CT molecular complexity index is 869. The van der Waals surface area contributed by atoms with Crippen molar-refractivity contribution >= 4 is 39.2 Å². The van der Waals surface area contributed by atoms with Crippen molar-refractivity contribution < 1.29 is 9.53 Å². The van der Waals surface area contributed by atoms with Crippen molar-refractivity contribution in [1.82, 2.24) is 14.9 Å². The molecule has 0 spiro atoms. The average Bonchev–Trinajstić information content (AvgIpc) is 3.27. The van der Waals surface area contributed by atoms with E-state index in [0.717, 1.165) is 52.9 Å². The zero-order chi connectivity index (χ0) is 19.4. The molecule has 2 aromatic heterocycles. The maximum Gasteiger partial charge on any atom is 0.263 e. The van der Waals surface area contributed by atoms with E-state index in [0.29, 0.717) is 18.2 Å². The molecule has 1 fully saturated rings. The van der Waals surface area contributed by atoms with Crippen LogP contribution in [-0.4, -0.2) is 40.5 Å². The molecule has 0 bridgehead atoms. The van der Waals surface area contributed by atoms with Crippen LogP contribution in [0.1, 0.15) is 43.6 Å². The molecule has 0 aliphatic carbocycles. The molecule has 0 aromatic carbocycles. The highest BCUT2D eigenvalue weighted by Crippen LogP contribution is 2.30. The highest BCUT2D eigenvalue weighted by atomic mass is 32.2. The molecular formula is C19H27N3O3S2. The highest BCUT2D eigenvalue weighted by Gasteiger charge is 2.23. The summed E-state index contributed by atoms with van der Waals surface area (Å²) in [6.07, 6.45) is 3.73. The van der Waals surface area contributed by atoms with Crippen molar-refractivity contribution in [3.05, 3.63) is 20.8 Å². The summed E-state index contributed by atoms with van der Waals surface area (Å²) >= 11 is 2.89. The topological polar surface area (TPSA) is 73.2 Å². The summed E-state index contributed by atoms with van der Waals surface area (Å²) in [5.41, 5.74) is 1.08. The highest BCUT2D eigenvalue weighted by molar-refractivity contribution is 7.99. The number of nitrogens with one attached hydrogen (secondary N) is 1. The summed E-state index contributed by atoms with van der Waals surface area (Å²) in [6, 6.07) is 0. The molecule has 8 heteroatoms. The third kappa shape index (κ3) is 4.55. The molecule has 1 aliphatic heterocycles. The van der Waals surface area contributed by atoms with Crippen LogP contribution in [0.5, 0.6) is 0 Å². The van der Waals surface area contributed by atoms with Crippen LogP contribution in [0.4, 0.5) is 0 Å². The standard InChI is InChI=1S/C19H27N3O3S2/c1-4-8-20-15(23)11-26-19-21-17-16(14(5-2)12(3)27-17)18(24)22(19)10-13-7-6-9-25-13/h13H,4-11H2,1-3H3,(H,20,23)/t13-/m1/s1. The molecule has 0 saturated carbocycles. The summed E-state index contributed by atoms with van der Waals surface area (Å²) in [4.78, 5) is 32.0. The van der Waals surface area contributed by atoms with Crippen LogP contribution in [0.25, 0.3) is 10.2 Å². The maximum absolute atomic E-state index is 13.3. The van der Waals surface area contributed by atoms with Gasteiger partial charge in [-0.25, -0.2) is 4.98 Å². The van der Waals surface area contributed by atoms with E-state index in [2.05, 4.69) is 12.2 Å². The summed E-state index contributed by atoms with van der Waals surface area (Å²) < 4.78 is 7.47. The van der Waals surface area contributed by atoms with E-state index < -0.39 is 0 Å². The van der Waals surface area contributed by atoms with E-state index >= 15 is 0 Å². The lowest BCUT2D eigenvalue weighted by molar-refractivity contribution is -0.118. The van der Waals surface area contributed by atoms with E-state index in [4.69, 9.17) is 9.72 Å². The number of thioether (sulfide) groups is 1. The van der Waals surface area contributed by atoms with E-state index in [1.807, 2.05) is 13.8 Å². The Kier molecular flexibility index (Phi) is 6.94. The van der Waals surface area contributed by atoms with Gasteiger partial charge in [-0.05, 0) is 38.2 Å². The van der Waals surface area contributed by atoms with Crippen molar-refractivity contribution in [2.24, 2.45) is 0 Å². The van der Waals surface area contributed by atoms with E-state index in [-0.39, 0.29) is 23.3 Å². The Morgan fingerprint density at radius 1 is 1.44 bits per heavy atom. The van der Waals surface area contributed by atoms with Gasteiger partial charge in [0.25, 0.3) is 5.56 Å². The molecule has 1 saturated heterocycles. The number of aromatic nitrogens is 2. The van der Waals surface area contributed by atoms with E-state index in [1.54, 1.807) is 15.9 Å². The minimum absolute atomic E-state index is 0.00633. The Morgan fingerprint density at radius 2 is 2.26 bits per heavy atom. The van der Waals surface area contributed by atoms with Gasteiger partial charge >= 0.3 is 0 Å². The van der Waals surface area contributed by atoms with Gasteiger partial charge in [-0.2, -0.15) is 0 Å². The third-order valence-corrected chi connectivity index (χ3v) is 6.76. The van der Waals surface area contributed by atoms with Crippen LogP contribution in [0.15, 0.2) is 9.95 Å². The van der Waals surface area contributed by atoms with Gasteiger partial charge in [0.2, 0.25) is 5.91 Å². The Morgan fingerprint density at radius 3 is 2.93 bits per heavy atom. The normalized spacial score (nSPS) is 16.9. The second-order valence-corrected chi connectivity index (χ2v) is 8.90. The molecule has 1 N–H and O–H groups in total. The van der Waals surface area contributed by atoms with Gasteiger partial charge < -0.3 is 10.1 Å². The van der Waals surface area contributed by atoms with Crippen molar-refractivity contribution in [1.29, 1.82) is 0 Å². The fourth-order valence-corrected chi connectivity index (χ4v) is 5.36. The van der Waals surface area contributed by atoms with Gasteiger partial charge in [0.05, 0.1) is 23.8 Å². The largest absolute Gasteiger partial charge is 0.376 e. The first kappa shape index (κ1) is 20.4. The molecule has 1 aliphatic rings. The fourth-order valence-electron chi connectivity index (χ4n) is 3.37. The molecule has 1 atom stereocenters. The summed E-state index contributed by atoms with van der Waals surface area (Å²) in [5, 5.41) is 4.22. The summed E-state index contributed by atoms with van der Waals surface area (Å²) in [7, 11) is 0. The molecule has 2 aromatic rings. The summed E-state index contributed by atoms with van der Waals surface area (Å²) in [5.74, 6) is 0.227. The first-order valence-electron chi connectivity index (χ1n) is 9.59. The molecule has 27 heavy (non-hydrogen) atoms. The SMILES string of the molecule is CCCNC(=O)CSc1nc2sc(C)c(CC)c2c(=O)n1C[C@H]1CCCO1.